The molecule has 11 nitrogen and oxygen atoms in total. The fourth-order valence-electron chi connectivity index (χ4n) is 5.74. The average molecular weight is 694 g/mol. The third kappa shape index (κ3) is 7.24. The number of pyridine rings is 1. The lowest BCUT2D eigenvalue weighted by atomic mass is 10.1. The summed E-state index contributed by atoms with van der Waals surface area (Å²) in [6.45, 7) is 6.29. The van der Waals surface area contributed by atoms with Crippen LogP contribution in [0.2, 0.25) is 5.02 Å². The molecule has 3 aromatic carbocycles. The second kappa shape index (κ2) is 14.6. The zero-order chi connectivity index (χ0) is 34.7. The van der Waals surface area contributed by atoms with Crippen LogP contribution in [0.15, 0.2) is 65.6 Å². The number of ether oxygens (including phenoxy) is 4. The molecule has 2 aromatic heterocycles. The molecule has 1 fully saturated rings. The van der Waals surface area contributed by atoms with Crippen molar-refractivity contribution in [2.45, 2.75) is 13.3 Å². The van der Waals surface area contributed by atoms with Crippen LogP contribution in [0.4, 0.5) is 14.5 Å². The van der Waals surface area contributed by atoms with Crippen LogP contribution >= 0.6 is 11.6 Å². The lowest BCUT2D eigenvalue weighted by molar-refractivity contribution is 0.0357. The summed E-state index contributed by atoms with van der Waals surface area (Å²) in [5.74, 6) is -0.751. The van der Waals surface area contributed by atoms with E-state index < -0.39 is 23.2 Å². The van der Waals surface area contributed by atoms with Crippen molar-refractivity contribution in [2.75, 3.05) is 51.9 Å². The maximum absolute atomic E-state index is 15.4. The molecule has 0 aliphatic carbocycles. The van der Waals surface area contributed by atoms with Crippen molar-refractivity contribution in [1.29, 1.82) is 0 Å². The van der Waals surface area contributed by atoms with Gasteiger partial charge in [0.15, 0.2) is 23.1 Å². The monoisotopic (exact) mass is 693 g/mol. The number of halogens is 3. The molecule has 1 aliphatic rings. The molecule has 0 bridgehead atoms. The second-order valence-electron chi connectivity index (χ2n) is 11.4. The Morgan fingerprint density at radius 1 is 1.00 bits per heavy atom. The van der Waals surface area contributed by atoms with Crippen molar-refractivity contribution in [3.05, 3.63) is 99.3 Å². The van der Waals surface area contributed by atoms with Gasteiger partial charge >= 0.3 is 5.69 Å². The van der Waals surface area contributed by atoms with E-state index in [0.717, 1.165) is 56.0 Å². The Labute approximate surface area is 285 Å². The van der Waals surface area contributed by atoms with Gasteiger partial charge in [-0.15, -0.1) is 0 Å². The number of methoxy groups -OCH3 is 1. The molecule has 0 spiro atoms. The SMILES string of the molecule is COc1cc2c(Oc3ccc(NC(=O)c4c(C)n(-c5ccc(F)c(Cl)c5)c(=O)n4C)cc3F)ccnc2cc1OCCCN1CCOCC1. The zero-order valence-corrected chi connectivity index (χ0v) is 27.9. The van der Waals surface area contributed by atoms with Crippen LogP contribution in [0.3, 0.4) is 0 Å². The molecular formula is C35H34ClF2N5O6. The van der Waals surface area contributed by atoms with Gasteiger partial charge in [-0.25, -0.2) is 13.6 Å². The number of nitrogens with one attached hydrogen (secondary N) is 1. The molecule has 1 aliphatic heterocycles. The fraction of sp³-hybridized carbons (Fsp3) is 0.286. The number of benzene rings is 3. The summed E-state index contributed by atoms with van der Waals surface area (Å²) in [4.78, 5) is 33.1. The van der Waals surface area contributed by atoms with Crippen molar-refractivity contribution >= 4 is 34.1 Å². The third-order valence-corrected chi connectivity index (χ3v) is 8.53. The molecule has 0 unspecified atom stereocenters. The third-order valence-electron chi connectivity index (χ3n) is 8.24. The number of amides is 1. The molecule has 14 heteroatoms. The number of nitrogens with zero attached hydrogens (tertiary/aromatic N) is 4. The summed E-state index contributed by atoms with van der Waals surface area (Å²) in [6.07, 6.45) is 2.39. The summed E-state index contributed by atoms with van der Waals surface area (Å²) >= 11 is 5.91. The quantitative estimate of drug-likeness (QED) is 0.165. The minimum atomic E-state index is -0.737. The molecule has 1 N–H and O–H groups in total. The zero-order valence-electron chi connectivity index (χ0n) is 27.1. The fourth-order valence-corrected chi connectivity index (χ4v) is 5.91. The lowest BCUT2D eigenvalue weighted by Gasteiger charge is -2.26. The highest BCUT2D eigenvalue weighted by molar-refractivity contribution is 6.30. The van der Waals surface area contributed by atoms with Crippen LogP contribution in [0.5, 0.6) is 23.0 Å². The Morgan fingerprint density at radius 2 is 1.80 bits per heavy atom. The number of fused-ring (bicyclic) bond motifs is 1. The van der Waals surface area contributed by atoms with E-state index in [1.807, 2.05) is 0 Å². The molecule has 0 atom stereocenters. The highest BCUT2D eigenvalue weighted by Crippen LogP contribution is 2.38. The highest BCUT2D eigenvalue weighted by Gasteiger charge is 2.23. The number of rotatable bonds is 11. The van der Waals surface area contributed by atoms with E-state index in [0.29, 0.717) is 40.4 Å². The van der Waals surface area contributed by atoms with E-state index in [2.05, 4.69) is 15.2 Å². The summed E-state index contributed by atoms with van der Waals surface area (Å²) in [5.41, 5.74) is 0.778. The smallest absolute Gasteiger partial charge is 0.333 e. The van der Waals surface area contributed by atoms with Crippen molar-refractivity contribution in [1.82, 2.24) is 19.0 Å². The number of hydrogen-bond acceptors (Lipinski definition) is 8. The first kappa shape index (κ1) is 33.9. The van der Waals surface area contributed by atoms with Crippen molar-refractivity contribution in [3.63, 3.8) is 0 Å². The number of carbonyl (C=O) groups is 1. The van der Waals surface area contributed by atoms with Crippen LogP contribution in [-0.4, -0.2) is 71.5 Å². The van der Waals surface area contributed by atoms with Gasteiger partial charge in [0.2, 0.25) is 0 Å². The Kier molecular flexibility index (Phi) is 10.1. The Hall–Kier alpha value is -4.98. The van der Waals surface area contributed by atoms with Crippen molar-refractivity contribution in [2.24, 2.45) is 7.05 Å². The van der Waals surface area contributed by atoms with Crippen LogP contribution < -0.4 is 25.2 Å². The summed E-state index contributed by atoms with van der Waals surface area (Å²) in [7, 11) is 2.97. The molecule has 256 valence electrons. The van der Waals surface area contributed by atoms with Crippen LogP contribution in [0, 0.1) is 18.6 Å². The predicted octanol–water partition coefficient (Wildman–Crippen LogP) is 6.12. The van der Waals surface area contributed by atoms with Gasteiger partial charge in [0.1, 0.15) is 17.3 Å². The number of carbonyl (C=O) groups excluding carboxylic acids is 1. The molecule has 1 saturated heterocycles. The predicted molar refractivity (Wildman–Crippen MR) is 181 cm³/mol. The van der Waals surface area contributed by atoms with Gasteiger partial charge in [-0.05, 0) is 55.8 Å². The van der Waals surface area contributed by atoms with Crippen molar-refractivity contribution in [3.8, 4) is 28.7 Å². The topological polar surface area (TPSA) is 109 Å². The van der Waals surface area contributed by atoms with Crippen molar-refractivity contribution < 1.29 is 32.5 Å². The highest BCUT2D eigenvalue weighted by atomic mass is 35.5. The molecule has 1 amide bonds. The van der Waals surface area contributed by atoms with Crippen LogP contribution in [0.25, 0.3) is 16.6 Å². The number of aromatic nitrogens is 3. The van der Waals surface area contributed by atoms with Gasteiger partial charge in [-0.3, -0.25) is 23.8 Å². The Morgan fingerprint density at radius 3 is 2.53 bits per heavy atom. The van der Waals surface area contributed by atoms with Crippen LogP contribution in [-0.2, 0) is 11.8 Å². The van der Waals surface area contributed by atoms with E-state index in [9.17, 15) is 14.0 Å². The number of anilines is 1. The average Bonchev–Trinajstić information content (AvgIpc) is 3.32. The first-order valence-electron chi connectivity index (χ1n) is 15.6. The minimum absolute atomic E-state index is 0.0313. The first-order chi connectivity index (χ1) is 23.6. The number of imidazole rings is 1. The normalized spacial score (nSPS) is 13.4. The summed E-state index contributed by atoms with van der Waals surface area (Å²) in [6, 6.07) is 12.9. The summed E-state index contributed by atoms with van der Waals surface area (Å²) < 4.78 is 54.5. The second-order valence-corrected chi connectivity index (χ2v) is 11.8. The molecule has 49 heavy (non-hydrogen) atoms. The molecule has 5 aromatic rings. The van der Waals surface area contributed by atoms with Gasteiger partial charge in [0, 0.05) is 56.1 Å². The Bertz CT molecular complexity index is 2080. The first-order valence-corrected chi connectivity index (χ1v) is 15.9. The van der Waals surface area contributed by atoms with Crippen LogP contribution in [0.1, 0.15) is 22.6 Å². The van der Waals surface area contributed by atoms with Gasteiger partial charge in [0.25, 0.3) is 5.91 Å². The van der Waals surface area contributed by atoms with Gasteiger partial charge in [0.05, 0.1) is 48.9 Å². The van der Waals surface area contributed by atoms with Gasteiger partial charge < -0.3 is 24.3 Å². The van der Waals surface area contributed by atoms with Gasteiger partial charge in [-0.1, -0.05) is 11.6 Å². The van der Waals surface area contributed by atoms with E-state index >= 15 is 4.39 Å². The molecular weight excluding hydrogens is 660 g/mol. The molecule has 3 heterocycles. The molecule has 0 saturated carbocycles. The molecule has 0 radical (unpaired) electrons. The number of hydrogen-bond donors (Lipinski definition) is 1. The largest absolute Gasteiger partial charge is 0.493 e. The number of morpholine rings is 1. The molecule has 6 rings (SSSR count). The van der Waals surface area contributed by atoms with Gasteiger partial charge in [-0.2, -0.15) is 0 Å². The lowest BCUT2D eigenvalue weighted by Crippen LogP contribution is -2.37. The van der Waals surface area contributed by atoms with E-state index in [1.165, 1.54) is 43.0 Å². The maximum Gasteiger partial charge on any atom is 0.333 e. The minimum Gasteiger partial charge on any atom is -0.493 e. The van der Waals surface area contributed by atoms with E-state index in [1.54, 1.807) is 31.3 Å². The maximum atomic E-state index is 15.4. The summed E-state index contributed by atoms with van der Waals surface area (Å²) in [5, 5.41) is 3.05. The van der Waals surface area contributed by atoms with E-state index in [4.69, 9.17) is 30.5 Å². The Balaban J connectivity index is 1.16. The van der Waals surface area contributed by atoms with E-state index in [-0.39, 0.29) is 27.8 Å². The standard InChI is InChI=1S/C35H34ClF2N5O6/c1-21-33(41(2)35(45)43(21)23-6-7-26(37)25(36)18-23)34(44)40-22-5-8-30(27(38)17-22)49-29-9-10-39-28-20-32(31(46-3)19-24(28)29)48-14-4-11-42-12-15-47-16-13-42/h5-10,17-20H,4,11-16H2,1-3H3,(H,40,44).